The van der Waals surface area contributed by atoms with Crippen LogP contribution in [0.2, 0.25) is 0 Å². The van der Waals surface area contributed by atoms with Gasteiger partial charge in [-0.05, 0) is 55.3 Å². The minimum Gasteiger partial charge on any atom is -0.494 e. The lowest BCUT2D eigenvalue weighted by Crippen LogP contribution is -2.16. The van der Waals surface area contributed by atoms with Gasteiger partial charge in [0.2, 0.25) is 5.91 Å². The predicted octanol–water partition coefficient (Wildman–Crippen LogP) is 5.03. The van der Waals surface area contributed by atoms with Crippen LogP contribution in [0.15, 0.2) is 77.4 Å². The Hall–Kier alpha value is -3.01. The molecule has 0 spiro atoms. The van der Waals surface area contributed by atoms with E-state index in [4.69, 9.17) is 9.15 Å². The molecular formula is C22H23NO3. The van der Waals surface area contributed by atoms with E-state index >= 15 is 0 Å². The zero-order valence-corrected chi connectivity index (χ0v) is 14.9. The molecule has 0 saturated carbocycles. The number of rotatable bonds is 8. The van der Waals surface area contributed by atoms with Crippen LogP contribution >= 0.6 is 0 Å². The van der Waals surface area contributed by atoms with Crippen molar-refractivity contribution in [2.24, 2.45) is 0 Å². The van der Waals surface area contributed by atoms with Crippen LogP contribution in [0.1, 0.15) is 30.6 Å². The topological polar surface area (TPSA) is 51.5 Å². The van der Waals surface area contributed by atoms with Crippen LogP contribution in [0.4, 0.5) is 5.69 Å². The third kappa shape index (κ3) is 4.99. The molecule has 1 N–H and O–H groups in total. The van der Waals surface area contributed by atoms with Gasteiger partial charge in [-0.3, -0.25) is 4.79 Å². The Kier molecular flexibility index (Phi) is 6.09. The Bertz CT molecular complexity index is 795. The van der Waals surface area contributed by atoms with Gasteiger partial charge in [0.1, 0.15) is 11.5 Å². The Morgan fingerprint density at radius 2 is 1.81 bits per heavy atom. The minimum absolute atomic E-state index is 0.00454. The first-order valence-electron chi connectivity index (χ1n) is 8.84. The average Bonchev–Trinajstić information content (AvgIpc) is 3.19. The first kappa shape index (κ1) is 17.8. The lowest BCUT2D eigenvalue weighted by Gasteiger charge is -2.15. The average molecular weight is 349 g/mol. The maximum atomic E-state index is 12.5. The first-order valence-corrected chi connectivity index (χ1v) is 8.84. The van der Waals surface area contributed by atoms with Gasteiger partial charge in [0.15, 0.2) is 0 Å². The number of carbonyl (C=O) groups is 1. The van der Waals surface area contributed by atoms with Crippen LogP contribution in [0.25, 0.3) is 0 Å². The lowest BCUT2D eigenvalue weighted by molar-refractivity contribution is -0.116. The van der Waals surface area contributed by atoms with E-state index in [0.717, 1.165) is 23.6 Å². The molecule has 26 heavy (non-hydrogen) atoms. The van der Waals surface area contributed by atoms with Gasteiger partial charge >= 0.3 is 0 Å². The number of nitrogens with one attached hydrogen (secondary N) is 1. The number of amides is 1. The third-order valence-corrected chi connectivity index (χ3v) is 4.15. The molecule has 0 aliphatic carbocycles. The van der Waals surface area contributed by atoms with Crippen LogP contribution in [0.5, 0.6) is 5.75 Å². The fourth-order valence-electron chi connectivity index (χ4n) is 2.93. The third-order valence-electron chi connectivity index (χ3n) is 4.15. The molecule has 0 unspecified atom stereocenters. The zero-order chi connectivity index (χ0) is 18.2. The normalized spacial score (nSPS) is 11.7. The largest absolute Gasteiger partial charge is 0.494 e. The van der Waals surface area contributed by atoms with Gasteiger partial charge in [-0.15, -0.1) is 0 Å². The summed E-state index contributed by atoms with van der Waals surface area (Å²) in [4.78, 5) is 12.5. The van der Waals surface area contributed by atoms with Crippen molar-refractivity contribution in [1.82, 2.24) is 0 Å². The highest BCUT2D eigenvalue weighted by atomic mass is 16.5. The van der Waals surface area contributed by atoms with Crippen LogP contribution in [-0.2, 0) is 11.2 Å². The van der Waals surface area contributed by atoms with Gasteiger partial charge in [-0.2, -0.15) is 0 Å². The van der Waals surface area contributed by atoms with E-state index in [9.17, 15) is 4.79 Å². The Labute approximate surface area is 153 Å². The van der Waals surface area contributed by atoms with Gasteiger partial charge in [0.05, 0.1) is 12.9 Å². The van der Waals surface area contributed by atoms with Gasteiger partial charge in [-0.25, -0.2) is 0 Å². The number of hydrogen-bond acceptors (Lipinski definition) is 3. The first-order chi connectivity index (χ1) is 12.7. The molecule has 1 atom stereocenters. The molecule has 0 bridgehead atoms. The molecule has 3 rings (SSSR count). The molecule has 4 nitrogen and oxygen atoms in total. The number of carbonyl (C=O) groups excluding carboxylic acids is 1. The number of ether oxygens (including phenoxy) is 1. The van der Waals surface area contributed by atoms with Crippen molar-refractivity contribution in [1.29, 1.82) is 0 Å². The number of hydrogen-bond donors (Lipinski definition) is 1. The highest BCUT2D eigenvalue weighted by molar-refractivity contribution is 5.91. The highest BCUT2D eigenvalue weighted by Gasteiger charge is 2.19. The molecule has 134 valence electrons. The lowest BCUT2D eigenvalue weighted by atomic mass is 9.93. The second-order valence-corrected chi connectivity index (χ2v) is 6.11. The number of anilines is 1. The molecule has 1 amide bonds. The molecule has 2 aromatic carbocycles. The fraction of sp³-hybridized carbons (Fsp3) is 0.227. The molecule has 0 fully saturated rings. The van der Waals surface area contributed by atoms with Gasteiger partial charge < -0.3 is 14.5 Å². The highest BCUT2D eigenvalue weighted by Crippen LogP contribution is 2.26. The van der Waals surface area contributed by atoms with E-state index in [1.807, 2.05) is 61.5 Å². The van der Waals surface area contributed by atoms with Gasteiger partial charge in [0, 0.05) is 18.0 Å². The van der Waals surface area contributed by atoms with E-state index in [0.29, 0.717) is 13.0 Å². The fourth-order valence-corrected chi connectivity index (χ4v) is 2.93. The Morgan fingerprint density at radius 1 is 1.04 bits per heavy atom. The van der Waals surface area contributed by atoms with E-state index in [-0.39, 0.29) is 11.8 Å². The summed E-state index contributed by atoms with van der Waals surface area (Å²) in [6.07, 6.45) is 2.76. The zero-order valence-electron chi connectivity index (χ0n) is 14.9. The van der Waals surface area contributed by atoms with Crippen molar-refractivity contribution < 1.29 is 13.9 Å². The van der Waals surface area contributed by atoms with E-state index in [2.05, 4.69) is 17.4 Å². The molecule has 0 saturated heterocycles. The summed E-state index contributed by atoms with van der Waals surface area (Å²) >= 11 is 0. The van der Waals surface area contributed by atoms with Crippen molar-refractivity contribution in [3.05, 3.63) is 84.3 Å². The Morgan fingerprint density at radius 3 is 2.46 bits per heavy atom. The molecule has 0 radical (unpaired) electrons. The van der Waals surface area contributed by atoms with Crippen molar-refractivity contribution in [3.63, 3.8) is 0 Å². The summed E-state index contributed by atoms with van der Waals surface area (Å²) in [5, 5.41) is 2.95. The summed E-state index contributed by atoms with van der Waals surface area (Å²) in [6, 6.07) is 21.3. The molecule has 3 aromatic rings. The van der Waals surface area contributed by atoms with Crippen molar-refractivity contribution in [2.45, 2.75) is 25.7 Å². The monoisotopic (exact) mass is 349 g/mol. The quantitative estimate of drug-likeness (QED) is 0.620. The summed E-state index contributed by atoms with van der Waals surface area (Å²) in [6.45, 7) is 2.56. The van der Waals surface area contributed by atoms with Crippen LogP contribution in [0, 0.1) is 0 Å². The predicted molar refractivity (Wildman–Crippen MR) is 102 cm³/mol. The van der Waals surface area contributed by atoms with Crippen LogP contribution in [-0.4, -0.2) is 12.5 Å². The Balaban J connectivity index is 1.65. The summed E-state index contributed by atoms with van der Waals surface area (Å²) in [7, 11) is 0. The second kappa shape index (κ2) is 8.90. The van der Waals surface area contributed by atoms with Crippen molar-refractivity contribution >= 4 is 11.6 Å². The van der Waals surface area contributed by atoms with Gasteiger partial charge in [0.25, 0.3) is 0 Å². The number of benzene rings is 2. The van der Waals surface area contributed by atoms with E-state index < -0.39 is 0 Å². The van der Waals surface area contributed by atoms with Crippen LogP contribution < -0.4 is 10.1 Å². The van der Waals surface area contributed by atoms with Crippen LogP contribution in [0.3, 0.4) is 0 Å². The second-order valence-electron chi connectivity index (χ2n) is 6.11. The SMILES string of the molecule is CCOc1ccc(NC(=O)C[C@H](Cc2ccccc2)c2ccco2)cc1. The summed E-state index contributed by atoms with van der Waals surface area (Å²) in [5.41, 5.74) is 1.94. The van der Waals surface area contributed by atoms with E-state index in [1.165, 1.54) is 5.56 Å². The molecular weight excluding hydrogens is 326 g/mol. The van der Waals surface area contributed by atoms with E-state index in [1.54, 1.807) is 6.26 Å². The maximum absolute atomic E-state index is 12.5. The molecule has 0 aliphatic heterocycles. The minimum atomic E-state index is -0.0357. The molecule has 4 heteroatoms. The summed E-state index contributed by atoms with van der Waals surface area (Å²) in [5.74, 6) is 1.58. The smallest absolute Gasteiger partial charge is 0.225 e. The standard InChI is InChI=1S/C22H23NO3/c1-2-25-20-12-10-19(11-13-20)23-22(24)16-18(21-9-6-14-26-21)15-17-7-4-3-5-8-17/h3-14,18H,2,15-16H2,1H3,(H,23,24)/t18-/m0/s1. The number of furan rings is 1. The maximum Gasteiger partial charge on any atom is 0.225 e. The molecule has 0 aliphatic rings. The van der Waals surface area contributed by atoms with Crippen molar-refractivity contribution in [2.75, 3.05) is 11.9 Å². The molecule has 1 aromatic heterocycles. The van der Waals surface area contributed by atoms with Crippen molar-refractivity contribution in [3.8, 4) is 5.75 Å². The van der Waals surface area contributed by atoms with Gasteiger partial charge in [-0.1, -0.05) is 30.3 Å². The molecule has 1 heterocycles. The summed E-state index contributed by atoms with van der Waals surface area (Å²) < 4.78 is 11.0.